The maximum absolute atomic E-state index is 11.1. The zero-order chi connectivity index (χ0) is 13.9. The van der Waals surface area contributed by atoms with Crippen LogP contribution in [-0.4, -0.2) is 33.7 Å². The molecule has 0 bridgehead atoms. The molecule has 1 rings (SSSR count). The Kier molecular flexibility index (Phi) is 4.38. The maximum atomic E-state index is 11.1. The predicted molar refractivity (Wildman–Crippen MR) is 62.4 cm³/mol. The topological polar surface area (TPSA) is 124 Å². The number of hydrogen-bond donors (Lipinski definition) is 4. The van der Waals surface area contributed by atoms with Gasteiger partial charge < -0.3 is 15.1 Å². The third kappa shape index (κ3) is 3.03. The van der Waals surface area contributed by atoms with Crippen molar-refractivity contribution >= 4 is 10.1 Å². The lowest BCUT2D eigenvalue weighted by Crippen LogP contribution is -2.22. The highest BCUT2D eigenvalue weighted by molar-refractivity contribution is 7.86. The molecule has 0 heterocycles. The van der Waals surface area contributed by atoms with Crippen molar-refractivity contribution < 1.29 is 33.3 Å². The second kappa shape index (κ2) is 5.42. The van der Waals surface area contributed by atoms with Gasteiger partial charge >= 0.3 is 0 Å². The van der Waals surface area contributed by atoms with E-state index in [0.29, 0.717) is 0 Å². The summed E-state index contributed by atoms with van der Waals surface area (Å²) in [5, 5.41) is 26.2. The summed E-state index contributed by atoms with van der Waals surface area (Å²) in [7, 11) is -4.24. The lowest BCUT2D eigenvalue weighted by Gasteiger charge is -2.14. The molecule has 1 aromatic rings. The fourth-order valence-corrected chi connectivity index (χ4v) is 2.38. The minimum absolute atomic E-state index is 0.144. The number of aromatic hydroxyl groups is 2. The molecule has 1 atom stereocenters. The van der Waals surface area contributed by atoms with Gasteiger partial charge in [0.2, 0.25) is 11.5 Å². The van der Waals surface area contributed by atoms with Crippen LogP contribution in [0.25, 0.3) is 0 Å². The van der Waals surface area contributed by atoms with Crippen LogP contribution in [-0.2, 0) is 16.5 Å². The first-order valence-electron chi connectivity index (χ1n) is 5.12. The van der Waals surface area contributed by atoms with Crippen molar-refractivity contribution in [3.63, 3.8) is 0 Å². The van der Waals surface area contributed by atoms with E-state index in [2.05, 4.69) is 4.89 Å². The van der Waals surface area contributed by atoms with Crippen molar-refractivity contribution in [1.82, 2.24) is 0 Å². The normalized spacial score (nSPS) is 13.3. The summed E-state index contributed by atoms with van der Waals surface area (Å²) in [6.45, 7) is 1.57. The standard InChI is InChI=1S/C10H14O7S/c1-2-7(18(14,15)16)5-6-3-4-8(11)9(12)10(6)17-13/h3-4,7,11-13H,2,5H2,1H3,(H,14,15,16). The van der Waals surface area contributed by atoms with Crippen LogP contribution in [0.1, 0.15) is 18.9 Å². The van der Waals surface area contributed by atoms with Gasteiger partial charge in [-0.2, -0.15) is 8.42 Å². The second-order valence-corrected chi connectivity index (χ2v) is 5.46. The number of phenolic OH excluding ortho intramolecular Hbond substituents is 2. The molecule has 1 aromatic carbocycles. The Hall–Kier alpha value is -1.51. The Labute approximate surface area is 104 Å². The van der Waals surface area contributed by atoms with E-state index in [-0.39, 0.29) is 18.4 Å². The average Bonchev–Trinajstić information content (AvgIpc) is 2.29. The molecule has 0 amide bonds. The first kappa shape index (κ1) is 14.6. The summed E-state index contributed by atoms with van der Waals surface area (Å²) in [6, 6.07) is 2.42. The van der Waals surface area contributed by atoms with Crippen LogP contribution in [0.15, 0.2) is 12.1 Å². The van der Waals surface area contributed by atoms with Gasteiger partial charge in [0.1, 0.15) is 0 Å². The van der Waals surface area contributed by atoms with Gasteiger partial charge in [-0.25, -0.2) is 5.26 Å². The summed E-state index contributed by atoms with van der Waals surface area (Å²) >= 11 is 0. The third-order valence-corrected chi connectivity index (χ3v) is 3.95. The summed E-state index contributed by atoms with van der Waals surface area (Å²) in [6.07, 6.45) is -0.0234. The molecule has 0 radical (unpaired) electrons. The molecule has 0 aliphatic rings. The van der Waals surface area contributed by atoms with Crippen molar-refractivity contribution in [2.75, 3.05) is 0 Å². The fraction of sp³-hybridized carbons (Fsp3) is 0.400. The largest absolute Gasteiger partial charge is 0.504 e. The Balaban J connectivity index is 3.15. The average molecular weight is 278 g/mol. The van der Waals surface area contributed by atoms with Crippen molar-refractivity contribution in [2.24, 2.45) is 0 Å². The number of benzene rings is 1. The highest BCUT2D eigenvalue weighted by Crippen LogP contribution is 2.38. The first-order valence-corrected chi connectivity index (χ1v) is 6.63. The molecule has 7 nitrogen and oxygen atoms in total. The van der Waals surface area contributed by atoms with Crippen LogP contribution < -0.4 is 4.89 Å². The summed E-state index contributed by atoms with van der Waals surface area (Å²) in [5.41, 5.74) is 0.150. The number of rotatable bonds is 5. The monoisotopic (exact) mass is 278 g/mol. The lowest BCUT2D eigenvalue weighted by molar-refractivity contribution is -0.139. The SMILES string of the molecule is CCC(Cc1ccc(O)c(O)c1OO)S(=O)(=O)O. The van der Waals surface area contributed by atoms with Gasteiger partial charge in [0.05, 0.1) is 5.25 Å². The minimum atomic E-state index is -4.24. The van der Waals surface area contributed by atoms with E-state index in [9.17, 15) is 18.6 Å². The van der Waals surface area contributed by atoms with E-state index in [1.165, 1.54) is 6.07 Å². The molecule has 4 N–H and O–H groups in total. The molecule has 0 aromatic heterocycles. The summed E-state index contributed by atoms with van der Waals surface area (Å²) < 4.78 is 31.1. The summed E-state index contributed by atoms with van der Waals surface area (Å²) in [5.74, 6) is -1.64. The Bertz CT molecular complexity index is 523. The molecule has 0 aliphatic carbocycles. The molecule has 102 valence electrons. The van der Waals surface area contributed by atoms with Gasteiger partial charge in [0.15, 0.2) is 5.75 Å². The zero-order valence-electron chi connectivity index (χ0n) is 9.57. The van der Waals surface area contributed by atoms with Gasteiger partial charge in [-0.05, 0) is 18.9 Å². The van der Waals surface area contributed by atoms with Crippen molar-refractivity contribution in [2.45, 2.75) is 25.0 Å². The van der Waals surface area contributed by atoms with Crippen LogP contribution >= 0.6 is 0 Å². The maximum Gasteiger partial charge on any atom is 0.268 e. The smallest absolute Gasteiger partial charge is 0.268 e. The second-order valence-electron chi connectivity index (χ2n) is 3.76. The zero-order valence-corrected chi connectivity index (χ0v) is 10.4. The van der Waals surface area contributed by atoms with E-state index in [0.717, 1.165) is 6.07 Å². The first-order chi connectivity index (χ1) is 8.31. The van der Waals surface area contributed by atoms with Crippen molar-refractivity contribution in [3.05, 3.63) is 17.7 Å². The lowest BCUT2D eigenvalue weighted by atomic mass is 10.1. The van der Waals surface area contributed by atoms with Crippen LogP contribution in [0.5, 0.6) is 17.2 Å². The molecule has 8 heteroatoms. The molecule has 0 saturated carbocycles. The van der Waals surface area contributed by atoms with Gasteiger partial charge in [0, 0.05) is 5.56 Å². The van der Waals surface area contributed by atoms with Crippen LogP contribution in [0.2, 0.25) is 0 Å². The van der Waals surface area contributed by atoms with E-state index < -0.39 is 32.6 Å². The molecular weight excluding hydrogens is 264 g/mol. The fourth-order valence-electron chi connectivity index (χ4n) is 1.57. The molecule has 0 spiro atoms. The Morgan fingerprint density at radius 3 is 2.39 bits per heavy atom. The quantitative estimate of drug-likeness (QED) is 0.275. The molecular formula is C10H14O7S. The van der Waals surface area contributed by atoms with E-state index >= 15 is 0 Å². The van der Waals surface area contributed by atoms with E-state index in [4.69, 9.17) is 9.81 Å². The minimum Gasteiger partial charge on any atom is -0.504 e. The number of hydrogen-bond acceptors (Lipinski definition) is 6. The van der Waals surface area contributed by atoms with E-state index in [1.54, 1.807) is 6.92 Å². The molecule has 0 fully saturated rings. The molecule has 0 saturated heterocycles. The van der Waals surface area contributed by atoms with Crippen LogP contribution in [0.3, 0.4) is 0 Å². The third-order valence-electron chi connectivity index (χ3n) is 2.61. The molecule has 1 unspecified atom stereocenters. The van der Waals surface area contributed by atoms with Gasteiger partial charge in [0.25, 0.3) is 10.1 Å². The predicted octanol–water partition coefficient (Wildman–Crippen LogP) is 1.16. The van der Waals surface area contributed by atoms with Gasteiger partial charge in [-0.1, -0.05) is 13.0 Å². The highest BCUT2D eigenvalue weighted by Gasteiger charge is 2.25. The number of phenols is 2. The van der Waals surface area contributed by atoms with Crippen LogP contribution in [0, 0.1) is 0 Å². The van der Waals surface area contributed by atoms with E-state index in [1.807, 2.05) is 0 Å². The van der Waals surface area contributed by atoms with Crippen LogP contribution in [0.4, 0.5) is 0 Å². The van der Waals surface area contributed by atoms with Crippen molar-refractivity contribution in [3.8, 4) is 17.2 Å². The van der Waals surface area contributed by atoms with Crippen molar-refractivity contribution in [1.29, 1.82) is 0 Å². The Morgan fingerprint density at radius 2 is 1.94 bits per heavy atom. The van der Waals surface area contributed by atoms with Gasteiger partial charge in [-0.15, -0.1) is 0 Å². The molecule has 0 aliphatic heterocycles. The van der Waals surface area contributed by atoms with Gasteiger partial charge in [-0.3, -0.25) is 4.55 Å². The summed E-state index contributed by atoms with van der Waals surface area (Å²) in [4.78, 5) is 3.93. The molecule has 18 heavy (non-hydrogen) atoms. The highest BCUT2D eigenvalue weighted by atomic mass is 32.2. The Morgan fingerprint density at radius 1 is 1.33 bits per heavy atom.